The van der Waals surface area contributed by atoms with Crippen LogP contribution in [0.15, 0.2) is 36.5 Å². The zero-order chi connectivity index (χ0) is 26.9. The van der Waals surface area contributed by atoms with Crippen LogP contribution in [0.4, 0.5) is 36.1 Å². The van der Waals surface area contributed by atoms with Gasteiger partial charge in [0.05, 0.1) is 31.1 Å². The number of nitrogens with one attached hydrogen (secondary N) is 1. The Morgan fingerprint density at radius 2 is 1.92 bits per heavy atom. The Morgan fingerprint density at radius 3 is 2.61 bits per heavy atom. The number of morpholine rings is 1. The maximum atomic E-state index is 14.0. The van der Waals surface area contributed by atoms with Gasteiger partial charge in [0.15, 0.2) is 0 Å². The number of carbonyl (C=O) groups is 1. The van der Waals surface area contributed by atoms with Crippen molar-refractivity contribution >= 4 is 28.8 Å². The van der Waals surface area contributed by atoms with Crippen LogP contribution in [-0.4, -0.2) is 67.4 Å². The van der Waals surface area contributed by atoms with Crippen molar-refractivity contribution in [3.8, 4) is 0 Å². The number of anilines is 4. The molecule has 206 valence electrons. The van der Waals surface area contributed by atoms with Crippen molar-refractivity contribution in [2.45, 2.75) is 63.8 Å². The van der Waals surface area contributed by atoms with E-state index in [4.69, 9.17) is 4.74 Å². The molecule has 1 amide bonds. The summed E-state index contributed by atoms with van der Waals surface area (Å²) in [6.07, 6.45) is -0.203. The van der Waals surface area contributed by atoms with Crippen molar-refractivity contribution < 1.29 is 22.7 Å². The van der Waals surface area contributed by atoms with Gasteiger partial charge in [-0.1, -0.05) is 13.0 Å². The van der Waals surface area contributed by atoms with Crippen LogP contribution in [0.1, 0.15) is 44.6 Å². The van der Waals surface area contributed by atoms with E-state index in [1.165, 1.54) is 4.90 Å². The first-order valence-electron chi connectivity index (χ1n) is 13.5. The molecule has 1 aliphatic carbocycles. The minimum absolute atomic E-state index is 0.0212. The standard InChI is InChI=1S/C28H36F3N5O2/c1-3-25(28(29,30)31)34(2)21-8-6-19(7-9-21)27(37)36-18-20-5-4-12-32-26(20)33-23-11-10-22(17-24(23)36)35-13-15-38-16-14-35/h4-5,10-12,17,19,21,25H,3,6-9,13-16,18H2,1-2H3,(H,32,33)/t19?,21?,25-/m0/s1. The molecule has 5 rings (SSSR count). The molecule has 1 N–H and O–H groups in total. The van der Waals surface area contributed by atoms with Crippen LogP contribution >= 0.6 is 0 Å². The van der Waals surface area contributed by atoms with E-state index >= 15 is 0 Å². The molecule has 0 radical (unpaired) electrons. The number of rotatable bonds is 5. The smallest absolute Gasteiger partial charge is 0.378 e. The highest BCUT2D eigenvalue weighted by atomic mass is 19.4. The first-order chi connectivity index (χ1) is 18.3. The molecule has 0 spiro atoms. The Kier molecular flexibility index (Phi) is 7.81. The van der Waals surface area contributed by atoms with E-state index in [1.54, 1.807) is 20.2 Å². The van der Waals surface area contributed by atoms with Gasteiger partial charge in [0.1, 0.15) is 11.9 Å². The summed E-state index contributed by atoms with van der Waals surface area (Å²) in [7, 11) is 1.57. The zero-order valence-corrected chi connectivity index (χ0v) is 22.0. The molecule has 0 bridgehead atoms. The average Bonchev–Trinajstić information content (AvgIpc) is 3.09. The lowest BCUT2D eigenvalue weighted by molar-refractivity contribution is -0.188. The number of benzene rings is 1. The second-order valence-corrected chi connectivity index (χ2v) is 10.5. The second kappa shape index (κ2) is 11.1. The molecule has 1 aromatic carbocycles. The Bertz CT molecular complexity index is 1130. The number of hydrogen-bond donors (Lipinski definition) is 1. The molecule has 38 heavy (non-hydrogen) atoms. The molecule has 2 fully saturated rings. The van der Waals surface area contributed by atoms with Crippen molar-refractivity contribution in [1.82, 2.24) is 9.88 Å². The van der Waals surface area contributed by atoms with Gasteiger partial charge in [-0.2, -0.15) is 13.2 Å². The molecule has 1 saturated carbocycles. The number of amides is 1. The summed E-state index contributed by atoms with van der Waals surface area (Å²) in [5.41, 5.74) is 3.58. The minimum atomic E-state index is -4.25. The van der Waals surface area contributed by atoms with E-state index in [-0.39, 0.29) is 24.3 Å². The number of pyridine rings is 1. The number of carbonyl (C=O) groups excluding carboxylic acids is 1. The number of hydrogen-bond acceptors (Lipinski definition) is 6. The van der Waals surface area contributed by atoms with Crippen LogP contribution in [0, 0.1) is 5.92 Å². The Morgan fingerprint density at radius 1 is 1.18 bits per heavy atom. The summed E-state index contributed by atoms with van der Waals surface area (Å²) >= 11 is 0. The third kappa shape index (κ3) is 5.47. The van der Waals surface area contributed by atoms with E-state index in [9.17, 15) is 18.0 Å². The highest BCUT2D eigenvalue weighted by Crippen LogP contribution is 2.40. The van der Waals surface area contributed by atoms with Gasteiger partial charge in [-0.3, -0.25) is 9.69 Å². The van der Waals surface area contributed by atoms with Crippen LogP contribution in [-0.2, 0) is 16.1 Å². The van der Waals surface area contributed by atoms with Crippen LogP contribution < -0.4 is 15.1 Å². The van der Waals surface area contributed by atoms with Gasteiger partial charge in [-0.05, 0) is 63.4 Å². The van der Waals surface area contributed by atoms with Crippen molar-refractivity contribution in [1.29, 1.82) is 0 Å². The maximum absolute atomic E-state index is 14.0. The van der Waals surface area contributed by atoms with E-state index < -0.39 is 12.2 Å². The summed E-state index contributed by atoms with van der Waals surface area (Å²) in [4.78, 5) is 24.1. The predicted octanol–water partition coefficient (Wildman–Crippen LogP) is 5.34. The fourth-order valence-corrected chi connectivity index (χ4v) is 6.08. The Labute approximate surface area is 221 Å². The lowest BCUT2D eigenvalue weighted by Crippen LogP contribution is -2.50. The number of halogens is 3. The first-order valence-corrected chi connectivity index (χ1v) is 13.5. The summed E-state index contributed by atoms with van der Waals surface area (Å²) in [5, 5.41) is 3.41. The highest BCUT2D eigenvalue weighted by Gasteiger charge is 2.44. The first kappa shape index (κ1) is 26.7. The second-order valence-electron chi connectivity index (χ2n) is 10.5. The molecule has 1 saturated heterocycles. The topological polar surface area (TPSA) is 60.9 Å². The van der Waals surface area contributed by atoms with Gasteiger partial charge < -0.3 is 19.9 Å². The molecule has 1 aromatic heterocycles. The number of fused-ring (bicyclic) bond motifs is 2. The fraction of sp³-hybridized carbons (Fsp3) is 0.571. The molecular weight excluding hydrogens is 495 g/mol. The van der Waals surface area contributed by atoms with E-state index in [2.05, 4.69) is 27.3 Å². The Balaban J connectivity index is 1.37. The monoisotopic (exact) mass is 531 g/mol. The fourth-order valence-electron chi connectivity index (χ4n) is 6.08. The zero-order valence-electron chi connectivity index (χ0n) is 22.0. The van der Waals surface area contributed by atoms with Gasteiger partial charge in [0.25, 0.3) is 0 Å². The predicted molar refractivity (Wildman–Crippen MR) is 142 cm³/mol. The molecule has 0 unspecified atom stereocenters. The molecule has 2 aromatic rings. The maximum Gasteiger partial charge on any atom is 0.404 e. The van der Waals surface area contributed by atoms with Gasteiger partial charge >= 0.3 is 6.18 Å². The van der Waals surface area contributed by atoms with E-state index in [0.717, 1.165) is 41.5 Å². The molecule has 3 heterocycles. The molecule has 3 aliphatic rings. The third-order valence-corrected chi connectivity index (χ3v) is 8.27. The lowest BCUT2D eigenvalue weighted by atomic mass is 9.83. The normalized spacial score (nSPS) is 22.8. The number of alkyl halides is 3. The number of aromatic nitrogens is 1. The van der Waals surface area contributed by atoms with Gasteiger partial charge in [-0.25, -0.2) is 4.98 Å². The van der Waals surface area contributed by atoms with Crippen LogP contribution in [0.3, 0.4) is 0 Å². The van der Waals surface area contributed by atoms with E-state index in [1.807, 2.05) is 23.1 Å². The highest BCUT2D eigenvalue weighted by molar-refractivity contribution is 6.00. The number of nitrogens with zero attached hydrogens (tertiary/aromatic N) is 4. The summed E-state index contributed by atoms with van der Waals surface area (Å²) in [5.74, 6) is 0.517. The summed E-state index contributed by atoms with van der Waals surface area (Å²) < 4.78 is 46.1. The van der Waals surface area contributed by atoms with Crippen molar-refractivity contribution in [3.05, 3.63) is 42.1 Å². The molecule has 7 nitrogen and oxygen atoms in total. The number of ether oxygens (including phenoxy) is 1. The van der Waals surface area contributed by atoms with E-state index in [0.29, 0.717) is 45.4 Å². The largest absolute Gasteiger partial charge is 0.404 e. The molecule has 10 heteroatoms. The summed E-state index contributed by atoms with van der Waals surface area (Å²) in [6.45, 7) is 4.87. The lowest BCUT2D eigenvalue weighted by Gasteiger charge is -2.40. The van der Waals surface area contributed by atoms with Crippen molar-refractivity contribution in [3.63, 3.8) is 0 Å². The van der Waals surface area contributed by atoms with Crippen LogP contribution in [0.2, 0.25) is 0 Å². The van der Waals surface area contributed by atoms with Crippen molar-refractivity contribution in [2.75, 3.05) is 48.5 Å². The third-order valence-electron chi connectivity index (χ3n) is 8.27. The van der Waals surface area contributed by atoms with Gasteiger partial charge in [0, 0.05) is 42.5 Å². The quantitative estimate of drug-likeness (QED) is 0.562. The molecule has 1 atom stereocenters. The average molecular weight is 532 g/mol. The minimum Gasteiger partial charge on any atom is -0.378 e. The Hall–Kier alpha value is -2.85. The summed E-state index contributed by atoms with van der Waals surface area (Å²) in [6, 6.07) is 8.32. The van der Waals surface area contributed by atoms with Crippen LogP contribution in [0.25, 0.3) is 0 Å². The SMILES string of the molecule is CC[C@H](N(C)C1CCC(C(=O)N2Cc3cccnc3Nc3ccc(N4CCOCC4)cc32)CC1)C(F)(F)F. The van der Waals surface area contributed by atoms with Crippen LogP contribution in [0.5, 0.6) is 0 Å². The molecular formula is C28H36F3N5O2. The van der Waals surface area contributed by atoms with Gasteiger partial charge in [-0.15, -0.1) is 0 Å². The molecule has 2 aliphatic heterocycles. The van der Waals surface area contributed by atoms with Crippen molar-refractivity contribution in [2.24, 2.45) is 5.92 Å². The van der Waals surface area contributed by atoms with Gasteiger partial charge in [0.2, 0.25) is 5.91 Å².